The lowest BCUT2D eigenvalue weighted by Gasteiger charge is -2.29. The first-order chi connectivity index (χ1) is 9.66. The third-order valence-corrected chi connectivity index (χ3v) is 3.44. The van der Waals surface area contributed by atoms with Crippen LogP contribution in [0.25, 0.3) is 0 Å². The van der Waals surface area contributed by atoms with E-state index in [1.54, 1.807) is 11.0 Å². The van der Waals surface area contributed by atoms with Crippen molar-refractivity contribution >= 4 is 17.7 Å². The summed E-state index contributed by atoms with van der Waals surface area (Å²) in [6.45, 7) is 4.45. The van der Waals surface area contributed by atoms with Crippen LogP contribution in [0.4, 0.5) is 0 Å². The van der Waals surface area contributed by atoms with Crippen molar-refractivity contribution in [2.75, 3.05) is 0 Å². The summed E-state index contributed by atoms with van der Waals surface area (Å²) in [5, 5.41) is 2.28. The van der Waals surface area contributed by atoms with Crippen LogP contribution < -0.4 is 5.32 Å². The molecule has 2 aliphatic heterocycles. The fourth-order valence-corrected chi connectivity index (χ4v) is 2.51. The summed E-state index contributed by atoms with van der Waals surface area (Å²) in [5.41, 5.74) is 1.59. The minimum Gasteiger partial charge on any atom is -0.322 e. The Labute approximate surface area is 118 Å². The van der Waals surface area contributed by atoms with Crippen molar-refractivity contribution in [2.24, 2.45) is 0 Å². The first kappa shape index (κ1) is 14.2. The van der Waals surface area contributed by atoms with Crippen LogP contribution in [-0.4, -0.2) is 28.7 Å². The van der Waals surface area contributed by atoms with E-state index in [4.69, 9.17) is 0 Å². The number of hydrogen-bond donors (Lipinski definition) is 1. The molecule has 1 atom stereocenters. The van der Waals surface area contributed by atoms with Crippen molar-refractivity contribution in [3.05, 3.63) is 35.4 Å². The molecule has 0 aromatic heterocycles. The summed E-state index contributed by atoms with van der Waals surface area (Å²) >= 11 is 0. The SMILES string of the molecule is CC.O=C1CC[C@@H](N2Cc3ccccc3C2=O)C(=O)N1. The lowest BCUT2D eigenvalue weighted by atomic mass is 10.0. The second kappa shape index (κ2) is 5.86. The highest BCUT2D eigenvalue weighted by Crippen LogP contribution is 2.26. The van der Waals surface area contributed by atoms with Gasteiger partial charge >= 0.3 is 0 Å². The van der Waals surface area contributed by atoms with Crippen molar-refractivity contribution in [2.45, 2.75) is 39.3 Å². The van der Waals surface area contributed by atoms with Crippen LogP contribution in [0.1, 0.15) is 42.6 Å². The minimum atomic E-state index is -0.525. The maximum absolute atomic E-state index is 12.2. The highest BCUT2D eigenvalue weighted by atomic mass is 16.2. The van der Waals surface area contributed by atoms with E-state index in [0.717, 1.165) is 5.56 Å². The molecule has 1 N–H and O–H groups in total. The first-order valence-corrected chi connectivity index (χ1v) is 6.89. The van der Waals surface area contributed by atoms with Crippen molar-refractivity contribution in [3.63, 3.8) is 0 Å². The molecule has 5 nitrogen and oxygen atoms in total. The monoisotopic (exact) mass is 274 g/mol. The smallest absolute Gasteiger partial charge is 0.255 e. The van der Waals surface area contributed by atoms with Crippen molar-refractivity contribution in [3.8, 4) is 0 Å². The third-order valence-electron chi connectivity index (χ3n) is 3.44. The van der Waals surface area contributed by atoms with Crippen molar-refractivity contribution in [1.29, 1.82) is 0 Å². The predicted octanol–water partition coefficient (Wildman–Crippen LogP) is 1.47. The molecule has 2 heterocycles. The molecule has 1 aromatic carbocycles. The second-order valence-corrected chi connectivity index (χ2v) is 4.56. The van der Waals surface area contributed by atoms with E-state index >= 15 is 0 Å². The van der Waals surface area contributed by atoms with Crippen LogP contribution >= 0.6 is 0 Å². The van der Waals surface area contributed by atoms with E-state index < -0.39 is 6.04 Å². The quantitative estimate of drug-likeness (QED) is 0.789. The third kappa shape index (κ3) is 2.43. The summed E-state index contributed by atoms with van der Waals surface area (Å²) in [4.78, 5) is 36.6. The first-order valence-electron chi connectivity index (χ1n) is 6.89. The largest absolute Gasteiger partial charge is 0.322 e. The summed E-state index contributed by atoms with van der Waals surface area (Å²) in [6, 6.07) is 6.82. The number of hydrogen-bond acceptors (Lipinski definition) is 3. The Hall–Kier alpha value is -2.17. The zero-order valence-corrected chi connectivity index (χ0v) is 11.7. The molecular formula is C15H18N2O3. The molecule has 2 aliphatic rings. The molecule has 106 valence electrons. The second-order valence-electron chi connectivity index (χ2n) is 4.56. The van der Waals surface area contributed by atoms with Gasteiger partial charge in [-0.15, -0.1) is 0 Å². The number of fused-ring (bicyclic) bond motifs is 1. The average Bonchev–Trinajstić information content (AvgIpc) is 2.79. The Bertz CT molecular complexity index is 554. The van der Waals surface area contributed by atoms with E-state index in [1.807, 2.05) is 32.0 Å². The molecule has 1 fully saturated rings. The van der Waals surface area contributed by atoms with Gasteiger partial charge in [-0.25, -0.2) is 0 Å². The number of benzene rings is 1. The van der Waals surface area contributed by atoms with Crippen molar-refractivity contribution < 1.29 is 14.4 Å². The molecule has 0 spiro atoms. The molecular weight excluding hydrogens is 256 g/mol. The van der Waals surface area contributed by atoms with Gasteiger partial charge in [-0.05, 0) is 18.1 Å². The highest BCUT2D eigenvalue weighted by Gasteiger charge is 2.38. The predicted molar refractivity (Wildman–Crippen MR) is 73.8 cm³/mol. The molecule has 3 rings (SSSR count). The Kier molecular flexibility index (Phi) is 4.17. The summed E-state index contributed by atoms with van der Waals surface area (Å²) in [5.74, 6) is -0.757. The molecule has 0 aliphatic carbocycles. The van der Waals surface area contributed by atoms with Gasteiger partial charge in [0.05, 0.1) is 0 Å². The van der Waals surface area contributed by atoms with Crippen LogP contribution in [0.5, 0.6) is 0 Å². The van der Waals surface area contributed by atoms with Gasteiger partial charge in [-0.1, -0.05) is 32.0 Å². The van der Waals surface area contributed by atoms with E-state index in [1.165, 1.54) is 0 Å². The zero-order valence-electron chi connectivity index (χ0n) is 11.7. The molecule has 0 radical (unpaired) electrons. The summed E-state index contributed by atoms with van der Waals surface area (Å²) in [7, 11) is 0. The lowest BCUT2D eigenvalue weighted by Crippen LogP contribution is -2.52. The number of imide groups is 1. The fourth-order valence-electron chi connectivity index (χ4n) is 2.51. The number of nitrogens with zero attached hydrogens (tertiary/aromatic N) is 1. The van der Waals surface area contributed by atoms with Crippen LogP contribution in [0.2, 0.25) is 0 Å². The maximum atomic E-state index is 12.2. The fraction of sp³-hybridized carbons (Fsp3) is 0.400. The molecule has 3 amide bonds. The van der Waals surface area contributed by atoms with E-state index in [0.29, 0.717) is 18.5 Å². The van der Waals surface area contributed by atoms with Gasteiger partial charge in [0.15, 0.2) is 0 Å². The highest BCUT2D eigenvalue weighted by molar-refractivity contribution is 6.05. The summed E-state index contributed by atoms with van der Waals surface area (Å²) in [6.07, 6.45) is 0.695. The Morgan fingerprint density at radius 2 is 1.85 bits per heavy atom. The van der Waals surface area contributed by atoms with Gasteiger partial charge in [-0.2, -0.15) is 0 Å². The number of amides is 3. The van der Waals surface area contributed by atoms with Gasteiger partial charge in [0.1, 0.15) is 6.04 Å². The zero-order chi connectivity index (χ0) is 14.7. The van der Waals surface area contributed by atoms with Gasteiger partial charge < -0.3 is 4.90 Å². The molecule has 5 heteroatoms. The standard InChI is InChI=1S/C13H12N2O3.C2H6/c16-11-6-5-10(12(17)14-11)15-7-8-3-1-2-4-9(8)13(15)18;1-2/h1-4,10H,5-7H2,(H,14,16,17);1-2H3/t10-;/m1./s1. The molecule has 0 saturated carbocycles. The van der Waals surface area contributed by atoms with E-state index in [-0.39, 0.29) is 24.1 Å². The molecule has 20 heavy (non-hydrogen) atoms. The molecule has 0 bridgehead atoms. The average molecular weight is 274 g/mol. The minimum absolute atomic E-state index is 0.125. The topological polar surface area (TPSA) is 66.5 Å². The van der Waals surface area contributed by atoms with Gasteiger partial charge in [0, 0.05) is 18.5 Å². The van der Waals surface area contributed by atoms with Crippen LogP contribution in [0, 0.1) is 0 Å². The van der Waals surface area contributed by atoms with Gasteiger partial charge in [-0.3, -0.25) is 19.7 Å². The Balaban J connectivity index is 0.000000704. The number of carbonyl (C=O) groups is 3. The van der Waals surface area contributed by atoms with E-state index in [9.17, 15) is 14.4 Å². The summed E-state index contributed by atoms with van der Waals surface area (Å²) < 4.78 is 0. The van der Waals surface area contributed by atoms with E-state index in [2.05, 4.69) is 5.32 Å². The maximum Gasteiger partial charge on any atom is 0.255 e. The van der Waals surface area contributed by atoms with Crippen LogP contribution in [0.3, 0.4) is 0 Å². The molecule has 1 saturated heterocycles. The Morgan fingerprint density at radius 1 is 1.15 bits per heavy atom. The van der Waals surface area contributed by atoms with Gasteiger partial charge in [0.25, 0.3) is 5.91 Å². The normalized spacial score (nSPS) is 21.0. The van der Waals surface area contributed by atoms with Gasteiger partial charge in [0.2, 0.25) is 11.8 Å². The number of nitrogens with one attached hydrogen (secondary N) is 1. The number of carbonyl (C=O) groups excluding carboxylic acids is 3. The number of piperidine rings is 1. The molecule has 0 unspecified atom stereocenters. The molecule has 1 aromatic rings. The van der Waals surface area contributed by atoms with Crippen LogP contribution in [0.15, 0.2) is 24.3 Å². The van der Waals surface area contributed by atoms with Crippen LogP contribution in [-0.2, 0) is 16.1 Å². The van der Waals surface area contributed by atoms with Crippen molar-refractivity contribution in [1.82, 2.24) is 10.2 Å². The number of rotatable bonds is 1. The Morgan fingerprint density at radius 3 is 2.50 bits per heavy atom. The lowest BCUT2D eigenvalue weighted by molar-refractivity contribution is -0.136.